The molecule has 1 atom stereocenters. The van der Waals surface area contributed by atoms with Gasteiger partial charge in [-0.05, 0) is 37.6 Å². The van der Waals surface area contributed by atoms with Crippen molar-refractivity contribution in [1.82, 2.24) is 0 Å². The van der Waals surface area contributed by atoms with Crippen molar-refractivity contribution >= 4 is 34.3 Å². The Kier molecular flexibility index (Phi) is 3.16. The standard InChI is InChI=1S/C11H12ClNS2/c1-6-5-8(7(2)14-6)11(13)9-3-4-10(12)15-9/h3-5,11H,13H2,1-2H3. The second kappa shape index (κ2) is 4.26. The Hall–Kier alpha value is -0.350. The van der Waals surface area contributed by atoms with Crippen LogP contribution >= 0.6 is 34.3 Å². The number of thiophene rings is 2. The van der Waals surface area contributed by atoms with E-state index < -0.39 is 0 Å². The molecule has 80 valence electrons. The smallest absolute Gasteiger partial charge is 0.0931 e. The quantitative estimate of drug-likeness (QED) is 0.860. The summed E-state index contributed by atoms with van der Waals surface area (Å²) in [5, 5.41) is 0. The summed E-state index contributed by atoms with van der Waals surface area (Å²) in [6.45, 7) is 4.22. The van der Waals surface area contributed by atoms with Crippen LogP contribution in [-0.2, 0) is 0 Å². The predicted octanol–water partition coefficient (Wildman–Crippen LogP) is 4.13. The van der Waals surface area contributed by atoms with E-state index in [1.54, 1.807) is 22.7 Å². The van der Waals surface area contributed by atoms with Crippen LogP contribution in [0.5, 0.6) is 0 Å². The van der Waals surface area contributed by atoms with Crippen LogP contribution in [0.4, 0.5) is 0 Å². The van der Waals surface area contributed by atoms with E-state index in [-0.39, 0.29) is 6.04 Å². The Labute approximate surface area is 103 Å². The maximum atomic E-state index is 6.20. The minimum Gasteiger partial charge on any atom is -0.320 e. The number of aryl methyl sites for hydroxylation is 2. The van der Waals surface area contributed by atoms with Crippen molar-refractivity contribution in [1.29, 1.82) is 0 Å². The minimum absolute atomic E-state index is 0.0348. The summed E-state index contributed by atoms with van der Waals surface area (Å²) >= 11 is 9.25. The van der Waals surface area contributed by atoms with Gasteiger partial charge in [0, 0.05) is 14.6 Å². The maximum absolute atomic E-state index is 6.20. The molecule has 1 nitrogen and oxygen atoms in total. The first-order valence-electron chi connectivity index (χ1n) is 4.65. The molecular formula is C11H12ClNS2. The van der Waals surface area contributed by atoms with E-state index in [0.29, 0.717) is 0 Å². The third-order valence-electron chi connectivity index (χ3n) is 2.31. The minimum atomic E-state index is -0.0348. The van der Waals surface area contributed by atoms with Crippen LogP contribution in [0.25, 0.3) is 0 Å². The van der Waals surface area contributed by atoms with E-state index in [2.05, 4.69) is 19.9 Å². The lowest BCUT2D eigenvalue weighted by molar-refractivity contribution is 0.890. The van der Waals surface area contributed by atoms with Gasteiger partial charge in [-0.25, -0.2) is 0 Å². The monoisotopic (exact) mass is 257 g/mol. The van der Waals surface area contributed by atoms with E-state index in [1.165, 1.54) is 15.3 Å². The zero-order valence-corrected chi connectivity index (χ0v) is 11.0. The van der Waals surface area contributed by atoms with E-state index in [1.807, 2.05) is 12.1 Å². The van der Waals surface area contributed by atoms with Crippen LogP contribution in [0.3, 0.4) is 0 Å². The van der Waals surface area contributed by atoms with Gasteiger partial charge >= 0.3 is 0 Å². The molecule has 0 saturated carbocycles. The van der Waals surface area contributed by atoms with Crippen molar-refractivity contribution in [3.8, 4) is 0 Å². The van der Waals surface area contributed by atoms with E-state index in [4.69, 9.17) is 17.3 Å². The summed E-state index contributed by atoms with van der Waals surface area (Å²) in [7, 11) is 0. The highest BCUT2D eigenvalue weighted by atomic mass is 35.5. The van der Waals surface area contributed by atoms with Gasteiger partial charge in [0.1, 0.15) is 0 Å². The van der Waals surface area contributed by atoms with Crippen LogP contribution < -0.4 is 5.73 Å². The SMILES string of the molecule is Cc1cc(C(N)c2ccc(Cl)s2)c(C)s1. The number of rotatable bonds is 2. The zero-order chi connectivity index (χ0) is 11.0. The third kappa shape index (κ3) is 2.26. The van der Waals surface area contributed by atoms with Crippen molar-refractivity contribution in [3.05, 3.63) is 42.7 Å². The average Bonchev–Trinajstić information content (AvgIpc) is 2.71. The van der Waals surface area contributed by atoms with Gasteiger partial charge in [-0.15, -0.1) is 22.7 Å². The first kappa shape index (κ1) is 11.1. The van der Waals surface area contributed by atoms with Gasteiger partial charge in [0.15, 0.2) is 0 Å². The molecule has 4 heteroatoms. The summed E-state index contributed by atoms with van der Waals surface area (Å²) < 4.78 is 0.796. The fraction of sp³-hybridized carbons (Fsp3) is 0.273. The molecule has 2 heterocycles. The third-order valence-corrected chi connectivity index (χ3v) is 4.61. The molecule has 0 saturated heterocycles. The van der Waals surface area contributed by atoms with Crippen LogP contribution in [-0.4, -0.2) is 0 Å². The average molecular weight is 258 g/mol. The molecule has 0 radical (unpaired) electrons. The predicted molar refractivity (Wildman–Crippen MR) is 69.2 cm³/mol. The fourth-order valence-corrected chi connectivity index (χ4v) is 3.66. The topological polar surface area (TPSA) is 26.0 Å². The molecule has 0 aliphatic rings. The lowest BCUT2D eigenvalue weighted by atomic mass is 10.1. The molecule has 2 aromatic heterocycles. The van der Waals surface area contributed by atoms with Gasteiger partial charge in [-0.2, -0.15) is 0 Å². The van der Waals surface area contributed by atoms with Crippen LogP contribution in [0.2, 0.25) is 4.34 Å². The molecule has 0 aliphatic heterocycles. The van der Waals surface area contributed by atoms with Gasteiger partial charge in [0.25, 0.3) is 0 Å². The summed E-state index contributed by atoms with van der Waals surface area (Å²) in [5.74, 6) is 0. The molecule has 2 N–H and O–H groups in total. The molecule has 0 amide bonds. The number of halogens is 1. The van der Waals surface area contributed by atoms with Gasteiger partial charge in [0.05, 0.1) is 10.4 Å². The zero-order valence-electron chi connectivity index (χ0n) is 8.58. The van der Waals surface area contributed by atoms with E-state index in [9.17, 15) is 0 Å². The molecule has 0 spiro atoms. The van der Waals surface area contributed by atoms with Gasteiger partial charge in [0.2, 0.25) is 0 Å². The summed E-state index contributed by atoms with van der Waals surface area (Å²) in [5.41, 5.74) is 7.42. The Morgan fingerprint density at radius 3 is 2.47 bits per heavy atom. The van der Waals surface area contributed by atoms with Crippen LogP contribution in [0.15, 0.2) is 18.2 Å². The lowest BCUT2D eigenvalue weighted by Crippen LogP contribution is -2.10. The molecule has 0 aliphatic carbocycles. The van der Waals surface area contributed by atoms with Crippen molar-refractivity contribution in [3.63, 3.8) is 0 Å². The normalized spacial score (nSPS) is 13.1. The van der Waals surface area contributed by atoms with E-state index in [0.717, 1.165) is 9.21 Å². The highest BCUT2D eigenvalue weighted by molar-refractivity contribution is 7.16. The Morgan fingerprint density at radius 2 is 2.00 bits per heavy atom. The van der Waals surface area contributed by atoms with Crippen LogP contribution in [0.1, 0.15) is 26.2 Å². The molecule has 2 rings (SSSR count). The molecule has 0 bridgehead atoms. The highest BCUT2D eigenvalue weighted by Crippen LogP contribution is 2.33. The molecule has 15 heavy (non-hydrogen) atoms. The van der Waals surface area contributed by atoms with Crippen molar-refractivity contribution < 1.29 is 0 Å². The lowest BCUT2D eigenvalue weighted by Gasteiger charge is -2.08. The van der Waals surface area contributed by atoms with Crippen molar-refractivity contribution in [2.24, 2.45) is 5.73 Å². The largest absolute Gasteiger partial charge is 0.320 e. The summed E-state index contributed by atoms with van der Waals surface area (Å²) in [6, 6.07) is 6.03. The molecule has 1 unspecified atom stereocenters. The first-order chi connectivity index (χ1) is 7.08. The second-order valence-corrected chi connectivity index (χ2v) is 6.70. The number of nitrogens with two attached hydrogens (primary N) is 1. The highest BCUT2D eigenvalue weighted by Gasteiger charge is 2.15. The second-order valence-electron chi connectivity index (χ2n) is 3.49. The molecule has 2 aromatic rings. The maximum Gasteiger partial charge on any atom is 0.0931 e. The van der Waals surface area contributed by atoms with Crippen molar-refractivity contribution in [2.75, 3.05) is 0 Å². The van der Waals surface area contributed by atoms with E-state index >= 15 is 0 Å². The van der Waals surface area contributed by atoms with Gasteiger partial charge in [-0.1, -0.05) is 11.6 Å². The molecular weight excluding hydrogens is 246 g/mol. The molecule has 0 fully saturated rings. The Balaban J connectivity index is 2.35. The van der Waals surface area contributed by atoms with Gasteiger partial charge in [-0.3, -0.25) is 0 Å². The van der Waals surface area contributed by atoms with Crippen LogP contribution in [0, 0.1) is 13.8 Å². The summed E-state index contributed by atoms with van der Waals surface area (Å²) in [4.78, 5) is 3.73. The molecule has 0 aromatic carbocycles. The Bertz CT molecular complexity index is 473. The van der Waals surface area contributed by atoms with Gasteiger partial charge < -0.3 is 5.73 Å². The van der Waals surface area contributed by atoms with Crippen molar-refractivity contribution in [2.45, 2.75) is 19.9 Å². The Morgan fingerprint density at radius 1 is 1.27 bits per heavy atom. The number of hydrogen-bond acceptors (Lipinski definition) is 3. The fourth-order valence-electron chi connectivity index (χ4n) is 1.61. The summed E-state index contributed by atoms with van der Waals surface area (Å²) in [6.07, 6.45) is 0. The first-order valence-corrected chi connectivity index (χ1v) is 6.67. The number of hydrogen-bond donors (Lipinski definition) is 1.